The molecule has 1 atom stereocenters. The van der Waals surface area contributed by atoms with Crippen LogP contribution in [0.3, 0.4) is 0 Å². The molecule has 1 unspecified atom stereocenters. The summed E-state index contributed by atoms with van der Waals surface area (Å²) in [6, 6.07) is -0.0553. The zero-order chi connectivity index (χ0) is 10.5. The largest absolute Gasteiger partial charge is 0.354 e. The van der Waals surface area contributed by atoms with Crippen molar-refractivity contribution in [3.63, 3.8) is 0 Å². The molecule has 2 N–H and O–H groups in total. The van der Waals surface area contributed by atoms with Crippen LogP contribution in [0.4, 0.5) is 0 Å². The van der Waals surface area contributed by atoms with Crippen molar-refractivity contribution in [2.45, 2.75) is 12.5 Å². The molecule has 1 amide bonds. The fourth-order valence-corrected chi connectivity index (χ4v) is 2.23. The number of carbonyl (C=O) groups excluding carboxylic acids is 1. The Balaban J connectivity index is 1.67. The van der Waals surface area contributed by atoms with Crippen molar-refractivity contribution >= 4 is 17.7 Å². The third kappa shape index (κ3) is 2.93. The normalized spacial score (nSPS) is 20.4. The maximum atomic E-state index is 11.5. The van der Waals surface area contributed by atoms with Gasteiger partial charge in [0, 0.05) is 24.6 Å². The van der Waals surface area contributed by atoms with Gasteiger partial charge in [0.1, 0.15) is 0 Å². The predicted molar refractivity (Wildman–Crippen MR) is 55.3 cm³/mol. The quantitative estimate of drug-likeness (QED) is 0.715. The Hall–Kier alpha value is -1.08. The summed E-state index contributed by atoms with van der Waals surface area (Å²) < 4.78 is 4.58. The van der Waals surface area contributed by atoms with Gasteiger partial charge in [-0.3, -0.25) is 10.1 Å². The molecular weight excluding hydrogens is 216 g/mol. The van der Waals surface area contributed by atoms with E-state index in [4.69, 9.17) is 0 Å². The predicted octanol–water partition coefficient (Wildman–Crippen LogP) is -0.609. The molecule has 1 aliphatic rings. The number of carbonyl (C=O) groups is 1. The first-order valence-corrected chi connectivity index (χ1v) is 5.86. The zero-order valence-corrected chi connectivity index (χ0v) is 8.92. The molecule has 2 heterocycles. The SMILES string of the molecule is O=C(NCCc1ncon1)C1CSCN1. The van der Waals surface area contributed by atoms with Crippen LogP contribution in [0, 0.1) is 0 Å². The van der Waals surface area contributed by atoms with Crippen molar-refractivity contribution in [1.82, 2.24) is 20.8 Å². The van der Waals surface area contributed by atoms with E-state index in [2.05, 4.69) is 25.3 Å². The first-order chi connectivity index (χ1) is 7.36. The van der Waals surface area contributed by atoms with Crippen molar-refractivity contribution < 1.29 is 9.32 Å². The van der Waals surface area contributed by atoms with E-state index in [1.165, 1.54) is 6.39 Å². The van der Waals surface area contributed by atoms with E-state index in [0.717, 1.165) is 11.6 Å². The fourth-order valence-electron chi connectivity index (χ4n) is 1.29. The molecule has 1 aromatic rings. The molecule has 2 rings (SSSR count). The van der Waals surface area contributed by atoms with Crippen LogP contribution in [0.25, 0.3) is 0 Å². The van der Waals surface area contributed by atoms with Gasteiger partial charge in [0.2, 0.25) is 12.3 Å². The van der Waals surface area contributed by atoms with Crippen LogP contribution in [0.2, 0.25) is 0 Å². The maximum Gasteiger partial charge on any atom is 0.238 e. The summed E-state index contributed by atoms with van der Waals surface area (Å²) in [7, 11) is 0. The molecule has 6 nitrogen and oxygen atoms in total. The fraction of sp³-hybridized carbons (Fsp3) is 0.625. The molecule has 0 bridgehead atoms. The van der Waals surface area contributed by atoms with Gasteiger partial charge in [-0.25, -0.2) is 0 Å². The van der Waals surface area contributed by atoms with Crippen LogP contribution in [-0.2, 0) is 11.2 Å². The van der Waals surface area contributed by atoms with Crippen LogP contribution in [0.5, 0.6) is 0 Å². The van der Waals surface area contributed by atoms with Crippen LogP contribution < -0.4 is 10.6 Å². The summed E-state index contributed by atoms with van der Waals surface area (Å²) in [5.74, 6) is 2.35. The Morgan fingerprint density at radius 1 is 1.80 bits per heavy atom. The molecule has 15 heavy (non-hydrogen) atoms. The van der Waals surface area contributed by atoms with E-state index in [0.29, 0.717) is 18.8 Å². The van der Waals surface area contributed by atoms with Gasteiger partial charge in [0.15, 0.2) is 5.82 Å². The van der Waals surface area contributed by atoms with E-state index in [1.807, 2.05) is 0 Å². The lowest BCUT2D eigenvalue weighted by molar-refractivity contribution is -0.122. The summed E-state index contributed by atoms with van der Waals surface area (Å²) in [4.78, 5) is 15.4. The van der Waals surface area contributed by atoms with Crippen LogP contribution in [0.15, 0.2) is 10.9 Å². The Morgan fingerprint density at radius 2 is 2.73 bits per heavy atom. The number of thioether (sulfide) groups is 1. The molecule has 0 aromatic carbocycles. The van der Waals surface area contributed by atoms with E-state index in [-0.39, 0.29) is 11.9 Å². The number of hydrogen-bond donors (Lipinski definition) is 2. The Kier molecular flexibility index (Phi) is 3.57. The lowest BCUT2D eigenvalue weighted by atomic mass is 10.3. The molecule has 0 aliphatic carbocycles. The van der Waals surface area contributed by atoms with Gasteiger partial charge < -0.3 is 9.84 Å². The molecule has 7 heteroatoms. The molecule has 1 fully saturated rings. The summed E-state index contributed by atoms with van der Waals surface area (Å²) in [5, 5.41) is 9.58. The summed E-state index contributed by atoms with van der Waals surface area (Å²) in [6.45, 7) is 0.543. The smallest absolute Gasteiger partial charge is 0.238 e. The third-order valence-electron chi connectivity index (χ3n) is 2.09. The molecule has 0 radical (unpaired) electrons. The van der Waals surface area contributed by atoms with Crippen molar-refractivity contribution in [3.8, 4) is 0 Å². The monoisotopic (exact) mass is 228 g/mol. The van der Waals surface area contributed by atoms with Gasteiger partial charge in [-0.05, 0) is 0 Å². The number of aromatic nitrogens is 2. The van der Waals surface area contributed by atoms with Gasteiger partial charge in [-0.2, -0.15) is 4.98 Å². The van der Waals surface area contributed by atoms with E-state index in [9.17, 15) is 4.79 Å². The molecule has 82 valence electrons. The van der Waals surface area contributed by atoms with Crippen molar-refractivity contribution in [2.24, 2.45) is 0 Å². The van der Waals surface area contributed by atoms with Gasteiger partial charge in [-0.15, -0.1) is 11.8 Å². The first-order valence-electron chi connectivity index (χ1n) is 4.70. The molecule has 0 saturated carbocycles. The van der Waals surface area contributed by atoms with Gasteiger partial charge >= 0.3 is 0 Å². The van der Waals surface area contributed by atoms with Crippen LogP contribution in [-0.4, -0.2) is 40.3 Å². The van der Waals surface area contributed by atoms with E-state index < -0.39 is 0 Å². The van der Waals surface area contributed by atoms with Gasteiger partial charge in [-0.1, -0.05) is 5.16 Å². The van der Waals surface area contributed by atoms with Gasteiger partial charge in [0.05, 0.1) is 6.04 Å². The molecule has 0 spiro atoms. The van der Waals surface area contributed by atoms with Crippen molar-refractivity contribution in [1.29, 1.82) is 0 Å². The molecule has 1 aliphatic heterocycles. The average Bonchev–Trinajstić information content (AvgIpc) is 2.90. The Morgan fingerprint density at radius 3 is 3.40 bits per heavy atom. The number of hydrogen-bond acceptors (Lipinski definition) is 6. The highest BCUT2D eigenvalue weighted by atomic mass is 32.2. The Labute approximate surface area is 91.2 Å². The van der Waals surface area contributed by atoms with E-state index in [1.54, 1.807) is 11.8 Å². The number of rotatable bonds is 4. The lowest BCUT2D eigenvalue weighted by Gasteiger charge is -2.08. The van der Waals surface area contributed by atoms with Crippen LogP contribution in [0.1, 0.15) is 5.82 Å². The van der Waals surface area contributed by atoms with Crippen molar-refractivity contribution in [2.75, 3.05) is 18.2 Å². The number of amides is 1. The third-order valence-corrected chi connectivity index (χ3v) is 3.03. The van der Waals surface area contributed by atoms with E-state index >= 15 is 0 Å². The minimum Gasteiger partial charge on any atom is -0.354 e. The second kappa shape index (κ2) is 5.13. The summed E-state index contributed by atoms with van der Waals surface area (Å²) in [6.07, 6.45) is 1.88. The van der Waals surface area contributed by atoms with Crippen LogP contribution >= 0.6 is 11.8 Å². The summed E-state index contributed by atoms with van der Waals surface area (Å²) in [5.41, 5.74) is 0. The maximum absolute atomic E-state index is 11.5. The Bertz CT molecular complexity index is 310. The standard InChI is InChI=1S/C8H12N4O2S/c13-8(6-3-15-5-11-6)9-2-1-7-10-4-14-12-7/h4,6,11H,1-3,5H2,(H,9,13). The van der Waals surface area contributed by atoms with Gasteiger partial charge in [0.25, 0.3) is 0 Å². The highest BCUT2D eigenvalue weighted by Gasteiger charge is 2.21. The first kappa shape index (κ1) is 10.4. The second-order valence-electron chi connectivity index (χ2n) is 3.16. The highest BCUT2D eigenvalue weighted by molar-refractivity contribution is 7.99. The van der Waals surface area contributed by atoms with Crippen molar-refractivity contribution in [3.05, 3.63) is 12.2 Å². The molecule has 1 aromatic heterocycles. The minimum atomic E-state index is -0.0553. The second-order valence-corrected chi connectivity index (χ2v) is 4.19. The highest BCUT2D eigenvalue weighted by Crippen LogP contribution is 2.08. The minimum absolute atomic E-state index is 0.0449. The number of nitrogens with one attached hydrogen (secondary N) is 2. The lowest BCUT2D eigenvalue weighted by Crippen LogP contribution is -2.42. The zero-order valence-electron chi connectivity index (χ0n) is 8.10. The topological polar surface area (TPSA) is 80.1 Å². The average molecular weight is 228 g/mol. The molecular formula is C8H12N4O2S. The number of nitrogens with zero attached hydrogens (tertiary/aromatic N) is 2. The molecule has 1 saturated heterocycles. The summed E-state index contributed by atoms with van der Waals surface area (Å²) >= 11 is 1.73.